The van der Waals surface area contributed by atoms with Gasteiger partial charge >= 0.3 is 5.69 Å². The SMILES string of the molecule is CS(=O)(=O)CCSc1n[nH]c(=O)n1CCc1ccccc1. The zero-order valence-electron chi connectivity index (χ0n) is 11.7. The van der Waals surface area contributed by atoms with Crippen LogP contribution in [-0.4, -0.2) is 40.9 Å². The van der Waals surface area contributed by atoms with E-state index in [1.807, 2.05) is 30.3 Å². The van der Waals surface area contributed by atoms with Crippen molar-refractivity contribution in [2.24, 2.45) is 0 Å². The van der Waals surface area contributed by atoms with Gasteiger partial charge in [-0.1, -0.05) is 42.1 Å². The fourth-order valence-electron chi connectivity index (χ4n) is 1.78. The van der Waals surface area contributed by atoms with Gasteiger partial charge in [0.25, 0.3) is 0 Å². The average Bonchev–Trinajstić information content (AvgIpc) is 2.77. The lowest BCUT2D eigenvalue weighted by atomic mass is 10.1. The van der Waals surface area contributed by atoms with Crippen molar-refractivity contribution >= 4 is 21.6 Å². The second kappa shape index (κ2) is 6.95. The van der Waals surface area contributed by atoms with Crippen molar-refractivity contribution in [2.75, 3.05) is 17.8 Å². The summed E-state index contributed by atoms with van der Waals surface area (Å²) in [5.74, 6) is 0.450. The van der Waals surface area contributed by atoms with E-state index in [2.05, 4.69) is 10.2 Å². The normalized spacial score (nSPS) is 11.7. The summed E-state index contributed by atoms with van der Waals surface area (Å²) in [6.45, 7) is 0.514. The van der Waals surface area contributed by atoms with E-state index in [0.717, 1.165) is 12.0 Å². The molecule has 2 rings (SSSR count). The third-order valence-electron chi connectivity index (χ3n) is 2.88. The van der Waals surface area contributed by atoms with E-state index >= 15 is 0 Å². The summed E-state index contributed by atoms with van der Waals surface area (Å²) >= 11 is 1.27. The highest BCUT2D eigenvalue weighted by atomic mass is 32.2. The van der Waals surface area contributed by atoms with Gasteiger partial charge in [0.15, 0.2) is 5.16 Å². The summed E-state index contributed by atoms with van der Waals surface area (Å²) in [6.07, 6.45) is 1.92. The van der Waals surface area contributed by atoms with Crippen LogP contribution in [0.3, 0.4) is 0 Å². The van der Waals surface area contributed by atoms with E-state index in [-0.39, 0.29) is 11.4 Å². The van der Waals surface area contributed by atoms with Gasteiger partial charge in [0.05, 0.1) is 5.75 Å². The molecular weight excluding hydrogens is 310 g/mol. The van der Waals surface area contributed by atoms with Gasteiger partial charge in [-0.3, -0.25) is 4.57 Å². The summed E-state index contributed by atoms with van der Waals surface area (Å²) in [6, 6.07) is 9.85. The highest BCUT2D eigenvalue weighted by Crippen LogP contribution is 2.14. The van der Waals surface area contributed by atoms with Crippen LogP contribution >= 0.6 is 11.8 Å². The maximum absolute atomic E-state index is 11.7. The number of sulfone groups is 1. The molecule has 1 aromatic heterocycles. The molecule has 0 spiro atoms. The van der Waals surface area contributed by atoms with Gasteiger partial charge in [-0.15, -0.1) is 5.10 Å². The predicted octanol–water partition coefficient (Wildman–Crippen LogP) is 0.951. The minimum Gasteiger partial charge on any atom is -0.270 e. The van der Waals surface area contributed by atoms with Gasteiger partial charge in [0.2, 0.25) is 0 Å². The molecule has 6 nitrogen and oxygen atoms in total. The van der Waals surface area contributed by atoms with E-state index < -0.39 is 9.84 Å². The fourth-order valence-corrected chi connectivity index (χ4v) is 3.95. The minimum atomic E-state index is -3.00. The molecular formula is C13H17N3O3S2. The first-order valence-electron chi connectivity index (χ1n) is 6.45. The molecule has 0 unspecified atom stereocenters. The van der Waals surface area contributed by atoms with Crippen molar-refractivity contribution in [3.63, 3.8) is 0 Å². The zero-order chi connectivity index (χ0) is 15.3. The number of benzene rings is 1. The Bertz CT molecular complexity index is 736. The van der Waals surface area contributed by atoms with Crippen molar-refractivity contribution in [1.82, 2.24) is 14.8 Å². The Morgan fingerprint density at radius 3 is 2.67 bits per heavy atom. The number of aromatic amines is 1. The fraction of sp³-hybridized carbons (Fsp3) is 0.385. The van der Waals surface area contributed by atoms with Crippen LogP contribution in [0.25, 0.3) is 0 Å². The van der Waals surface area contributed by atoms with E-state index in [0.29, 0.717) is 17.5 Å². The Morgan fingerprint density at radius 2 is 2.00 bits per heavy atom. The molecule has 0 aliphatic carbocycles. The van der Waals surface area contributed by atoms with Crippen LogP contribution in [0.15, 0.2) is 40.3 Å². The summed E-state index contributed by atoms with van der Waals surface area (Å²) in [7, 11) is -3.00. The van der Waals surface area contributed by atoms with Crippen molar-refractivity contribution in [3.8, 4) is 0 Å². The standard InChI is InChI=1S/C13H17N3O3S2/c1-21(18,19)10-9-20-13-15-14-12(17)16(13)8-7-11-5-3-2-4-6-11/h2-6H,7-10H2,1H3,(H,14,17). The Kier molecular flexibility index (Phi) is 5.24. The number of H-pyrrole nitrogens is 1. The first kappa shape index (κ1) is 15.8. The monoisotopic (exact) mass is 327 g/mol. The van der Waals surface area contributed by atoms with Crippen molar-refractivity contribution in [3.05, 3.63) is 46.4 Å². The second-order valence-corrected chi connectivity index (χ2v) is 8.00. The van der Waals surface area contributed by atoms with Crippen molar-refractivity contribution < 1.29 is 8.42 Å². The van der Waals surface area contributed by atoms with Crippen LogP contribution in [0.2, 0.25) is 0 Å². The number of hydrogen-bond donors (Lipinski definition) is 1. The second-order valence-electron chi connectivity index (χ2n) is 4.68. The molecule has 114 valence electrons. The van der Waals surface area contributed by atoms with E-state index in [9.17, 15) is 13.2 Å². The molecule has 2 aromatic rings. The van der Waals surface area contributed by atoms with Crippen molar-refractivity contribution in [2.45, 2.75) is 18.1 Å². The number of hydrogen-bond acceptors (Lipinski definition) is 5. The average molecular weight is 327 g/mol. The third kappa shape index (κ3) is 5.05. The molecule has 0 aliphatic heterocycles. The molecule has 0 aliphatic rings. The lowest BCUT2D eigenvalue weighted by Crippen LogP contribution is -2.19. The van der Waals surface area contributed by atoms with Crippen LogP contribution in [-0.2, 0) is 22.8 Å². The quantitative estimate of drug-likeness (QED) is 0.765. The number of aromatic nitrogens is 3. The van der Waals surface area contributed by atoms with Gasteiger partial charge in [0.1, 0.15) is 9.84 Å². The molecule has 0 radical (unpaired) electrons. The number of aryl methyl sites for hydroxylation is 1. The smallest absolute Gasteiger partial charge is 0.270 e. The van der Waals surface area contributed by atoms with Crippen LogP contribution in [0.1, 0.15) is 5.56 Å². The molecule has 1 aromatic carbocycles. The third-order valence-corrected chi connectivity index (χ3v) is 5.06. The Hall–Kier alpha value is -1.54. The summed E-state index contributed by atoms with van der Waals surface area (Å²) in [4.78, 5) is 11.7. The molecule has 0 atom stereocenters. The van der Waals surface area contributed by atoms with Gasteiger partial charge in [-0.25, -0.2) is 18.3 Å². The number of nitrogens with zero attached hydrogens (tertiary/aromatic N) is 2. The van der Waals surface area contributed by atoms with Gasteiger partial charge in [0, 0.05) is 18.6 Å². The molecule has 0 amide bonds. The summed E-state index contributed by atoms with van der Waals surface area (Å²) < 4.78 is 23.8. The Labute approximate surface area is 127 Å². The summed E-state index contributed by atoms with van der Waals surface area (Å²) in [5.41, 5.74) is 0.866. The predicted molar refractivity (Wildman–Crippen MR) is 83.4 cm³/mol. The lowest BCUT2D eigenvalue weighted by Gasteiger charge is -2.05. The summed E-state index contributed by atoms with van der Waals surface area (Å²) in [5, 5.41) is 6.88. The molecule has 8 heteroatoms. The Morgan fingerprint density at radius 1 is 1.29 bits per heavy atom. The van der Waals surface area contributed by atoms with Crippen LogP contribution < -0.4 is 5.69 Å². The molecule has 0 fully saturated rings. The maximum Gasteiger partial charge on any atom is 0.343 e. The Balaban J connectivity index is 1.99. The highest BCUT2D eigenvalue weighted by Gasteiger charge is 2.10. The topological polar surface area (TPSA) is 84.8 Å². The lowest BCUT2D eigenvalue weighted by molar-refractivity contribution is 0.603. The number of rotatable bonds is 7. The largest absolute Gasteiger partial charge is 0.343 e. The van der Waals surface area contributed by atoms with E-state index in [1.54, 1.807) is 4.57 Å². The molecule has 0 saturated carbocycles. The van der Waals surface area contributed by atoms with Gasteiger partial charge in [-0.2, -0.15) is 0 Å². The molecule has 21 heavy (non-hydrogen) atoms. The van der Waals surface area contributed by atoms with Crippen LogP contribution in [0.4, 0.5) is 0 Å². The van der Waals surface area contributed by atoms with E-state index in [1.165, 1.54) is 18.0 Å². The maximum atomic E-state index is 11.7. The number of nitrogens with one attached hydrogen (secondary N) is 1. The molecule has 0 saturated heterocycles. The van der Waals surface area contributed by atoms with Gasteiger partial charge in [-0.05, 0) is 12.0 Å². The van der Waals surface area contributed by atoms with Crippen LogP contribution in [0, 0.1) is 0 Å². The van der Waals surface area contributed by atoms with Gasteiger partial charge < -0.3 is 0 Å². The highest BCUT2D eigenvalue weighted by molar-refractivity contribution is 8.00. The first-order valence-corrected chi connectivity index (χ1v) is 9.50. The molecule has 0 bridgehead atoms. The first-order chi connectivity index (χ1) is 9.96. The number of thioether (sulfide) groups is 1. The van der Waals surface area contributed by atoms with Crippen molar-refractivity contribution in [1.29, 1.82) is 0 Å². The van der Waals surface area contributed by atoms with Crippen LogP contribution in [0.5, 0.6) is 0 Å². The van der Waals surface area contributed by atoms with E-state index in [4.69, 9.17) is 0 Å². The minimum absolute atomic E-state index is 0.0669. The molecule has 1 heterocycles. The molecule has 1 N–H and O–H groups in total. The zero-order valence-corrected chi connectivity index (χ0v) is 13.3.